The third-order valence-electron chi connectivity index (χ3n) is 3.57. The van der Waals surface area contributed by atoms with Crippen molar-refractivity contribution in [3.8, 4) is 0 Å². The lowest BCUT2D eigenvalue weighted by Crippen LogP contribution is -2.44. The van der Waals surface area contributed by atoms with Crippen LogP contribution >= 0.6 is 0 Å². The molecule has 0 aromatic rings. The van der Waals surface area contributed by atoms with Crippen molar-refractivity contribution in [2.45, 2.75) is 58.9 Å². The Kier molecular flexibility index (Phi) is 3.78. The van der Waals surface area contributed by atoms with Gasteiger partial charge in [-0.1, -0.05) is 27.7 Å². The maximum atomic E-state index is 2.70. The van der Waals surface area contributed by atoms with Gasteiger partial charge in [0.1, 0.15) is 0 Å². The van der Waals surface area contributed by atoms with Crippen LogP contribution in [-0.4, -0.2) is 23.5 Å². The Morgan fingerprint density at radius 3 is 2.46 bits per heavy atom. The molecule has 13 heavy (non-hydrogen) atoms. The molecule has 1 atom stereocenters. The molecule has 0 amide bonds. The SMILES string of the molecule is CCN1CCCC1(CC)CC(C)C. The molecule has 1 aliphatic rings. The molecule has 1 heterocycles. The van der Waals surface area contributed by atoms with Crippen molar-refractivity contribution in [3.05, 3.63) is 0 Å². The molecule has 1 saturated heterocycles. The van der Waals surface area contributed by atoms with Gasteiger partial charge in [0.05, 0.1) is 0 Å². The van der Waals surface area contributed by atoms with Crippen LogP contribution in [0.3, 0.4) is 0 Å². The van der Waals surface area contributed by atoms with Crippen LogP contribution in [-0.2, 0) is 0 Å². The molecule has 0 aromatic heterocycles. The lowest BCUT2D eigenvalue weighted by atomic mass is 9.84. The van der Waals surface area contributed by atoms with E-state index in [0.29, 0.717) is 5.54 Å². The maximum Gasteiger partial charge on any atom is 0.0209 e. The molecule has 0 saturated carbocycles. The summed E-state index contributed by atoms with van der Waals surface area (Å²) in [5, 5.41) is 0. The highest BCUT2D eigenvalue weighted by Crippen LogP contribution is 2.37. The zero-order chi connectivity index (χ0) is 9.90. The summed E-state index contributed by atoms with van der Waals surface area (Å²) in [4.78, 5) is 2.70. The molecule has 1 fully saturated rings. The van der Waals surface area contributed by atoms with Crippen LogP contribution in [0, 0.1) is 5.92 Å². The van der Waals surface area contributed by atoms with Gasteiger partial charge in [0.2, 0.25) is 0 Å². The first kappa shape index (κ1) is 11.0. The van der Waals surface area contributed by atoms with E-state index in [9.17, 15) is 0 Å². The van der Waals surface area contributed by atoms with Crippen molar-refractivity contribution >= 4 is 0 Å². The number of likely N-dealkylation sites (tertiary alicyclic amines) is 1. The summed E-state index contributed by atoms with van der Waals surface area (Å²) in [5.74, 6) is 0.840. The van der Waals surface area contributed by atoms with Gasteiger partial charge < -0.3 is 0 Å². The molecular formula is C12H25N. The Hall–Kier alpha value is -0.0400. The Bertz CT molecular complexity index is 153. The van der Waals surface area contributed by atoms with E-state index in [-0.39, 0.29) is 0 Å². The molecule has 78 valence electrons. The zero-order valence-corrected chi connectivity index (χ0v) is 9.77. The molecule has 0 aliphatic carbocycles. The standard InChI is InChI=1S/C12H25N/c1-5-12(10-11(3)4)8-7-9-13(12)6-2/h11H,5-10H2,1-4H3. The Morgan fingerprint density at radius 2 is 2.00 bits per heavy atom. The fourth-order valence-corrected chi connectivity index (χ4v) is 3.02. The number of hydrogen-bond donors (Lipinski definition) is 0. The first-order valence-corrected chi connectivity index (χ1v) is 5.89. The first-order chi connectivity index (χ1) is 6.14. The Labute approximate surface area is 83.5 Å². The van der Waals surface area contributed by atoms with E-state index in [0.717, 1.165) is 5.92 Å². The molecular weight excluding hydrogens is 158 g/mol. The van der Waals surface area contributed by atoms with Crippen molar-refractivity contribution in [1.29, 1.82) is 0 Å². The molecule has 1 nitrogen and oxygen atoms in total. The van der Waals surface area contributed by atoms with E-state index in [1.54, 1.807) is 0 Å². The highest BCUT2D eigenvalue weighted by atomic mass is 15.2. The monoisotopic (exact) mass is 183 g/mol. The van der Waals surface area contributed by atoms with Crippen LogP contribution in [0.4, 0.5) is 0 Å². The van der Waals surface area contributed by atoms with Crippen molar-refractivity contribution < 1.29 is 0 Å². The van der Waals surface area contributed by atoms with Crippen LogP contribution in [0.25, 0.3) is 0 Å². The minimum absolute atomic E-state index is 0.558. The number of hydrogen-bond acceptors (Lipinski definition) is 1. The van der Waals surface area contributed by atoms with E-state index < -0.39 is 0 Å². The van der Waals surface area contributed by atoms with Crippen molar-refractivity contribution in [1.82, 2.24) is 4.90 Å². The second-order valence-corrected chi connectivity index (χ2v) is 4.86. The van der Waals surface area contributed by atoms with Gasteiger partial charge in [0.25, 0.3) is 0 Å². The van der Waals surface area contributed by atoms with Gasteiger partial charge in [-0.3, -0.25) is 4.90 Å². The predicted octanol–water partition coefficient (Wildman–Crippen LogP) is 3.30. The van der Waals surface area contributed by atoms with Gasteiger partial charge in [0, 0.05) is 5.54 Å². The van der Waals surface area contributed by atoms with E-state index in [1.165, 1.54) is 38.8 Å². The van der Waals surface area contributed by atoms with Crippen LogP contribution in [0.15, 0.2) is 0 Å². The Morgan fingerprint density at radius 1 is 1.31 bits per heavy atom. The number of rotatable bonds is 4. The van der Waals surface area contributed by atoms with Gasteiger partial charge in [0.15, 0.2) is 0 Å². The quantitative estimate of drug-likeness (QED) is 0.646. The summed E-state index contributed by atoms with van der Waals surface area (Å²) in [6, 6.07) is 0. The highest BCUT2D eigenvalue weighted by molar-refractivity contribution is 4.94. The zero-order valence-electron chi connectivity index (χ0n) is 9.77. The van der Waals surface area contributed by atoms with Crippen LogP contribution in [0.5, 0.6) is 0 Å². The van der Waals surface area contributed by atoms with Crippen LogP contribution in [0.2, 0.25) is 0 Å². The van der Waals surface area contributed by atoms with Crippen molar-refractivity contribution in [3.63, 3.8) is 0 Å². The molecule has 0 spiro atoms. The van der Waals surface area contributed by atoms with E-state index in [1.807, 2.05) is 0 Å². The summed E-state index contributed by atoms with van der Waals surface area (Å²) in [6.07, 6.45) is 5.56. The minimum atomic E-state index is 0.558. The smallest absolute Gasteiger partial charge is 0.0209 e. The fourth-order valence-electron chi connectivity index (χ4n) is 3.02. The molecule has 0 bridgehead atoms. The van der Waals surface area contributed by atoms with Crippen LogP contribution in [0.1, 0.15) is 53.4 Å². The topological polar surface area (TPSA) is 3.24 Å². The molecule has 0 N–H and O–H groups in total. The molecule has 1 rings (SSSR count). The van der Waals surface area contributed by atoms with Gasteiger partial charge in [-0.25, -0.2) is 0 Å². The summed E-state index contributed by atoms with van der Waals surface area (Å²) in [6.45, 7) is 11.9. The average molecular weight is 183 g/mol. The summed E-state index contributed by atoms with van der Waals surface area (Å²) < 4.78 is 0. The maximum absolute atomic E-state index is 2.70. The average Bonchev–Trinajstić information content (AvgIpc) is 2.47. The summed E-state index contributed by atoms with van der Waals surface area (Å²) in [5.41, 5.74) is 0.558. The van der Waals surface area contributed by atoms with E-state index in [4.69, 9.17) is 0 Å². The molecule has 0 aromatic carbocycles. The lowest BCUT2D eigenvalue weighted by molar-refractivity contribution is 0.113. The lowest BCUT2D eigenvalue weighted by Gasteiger charge is -2.39. The van der Waals surface area contributed by atoms with Gasteiger partial charge >= 0.3 is 0 Å². The molecule has 1 unspecified atom stereocenters. The highest BCUT2D eigenvalue weighted by Gasteiger charge is 2.38. The summed E-state index contributed by atoms with van der Waals surface area (Å²) in [7, 11) is 0. The third kappa shape index (κ3) is 2.25. The van der Waals surface area contributed by atoms with E-state index in [2.05, 4.69) is 32.6 Å². The van der Waals surface area contributed by atoms with Crippen molar-refractivity contribution in [2.24, 2.45) is 5.92 Å². The largest absolute Gasteiger partial charge is 0.298 e. The molecule has 1 heteroatoms. The van der Waals surface area contributed by atoms with Gasteiger partial charge in [-0.05, 0) is 44.7 Å². The normalized spacial score (nSPS) is 30.2. The minimum Gasteiger partial charge on any atom is -0.298 e. The Balaban J connectivity index is 2.66. The predicted molar refractivity (Wildman–Crippen MR) is 59.0 cm³/mol. The van der Waals surface area contributed by atoms with Gasteiger partial charge in [-0.2, -0.15) is 0 Å². The van der Waals surface area contributed by atoms with Gasteiger partial charge in [-0.15, -0.1) is 0 Å². The van der Waals surface area contributed by atoms with Crippen LogP contribution < -0.4 is 0 Å². The first-order valence-electron chi connectivity index (χ1n) is 5.89. The second kappa shape index (κ2) is 4.45. The molecule has 0 radical (unpaired) electrons. The second-order valence-electron chi connectivity index (χ2n) is 4.86. The van der Waals surface area contributed by atoms with Crippen molar-refractivity contribution in [2.75, 3.05) is 13.1 Å². The summed E-state index contributed by atoms with van der Waals surface area (Å²) >= 11 is 0. The third-order valence-corrected chi connectivity index (χ3v) is 3.57. The molecule has 1 aliphatic heterocycles. The number of nitrogens with zero attached hydrogens (tertiary/aromatic N) is 1. The van der Waals surface area contributed by atoms with E-state index >= 15 is 0 Å². The fraction of sp³-hybridized carbons (Fsp3) is 1.00.